The van der Waals surface area contributed by atoms with Crippen LogP contribution in [0.25, 0.3) is 0 Å². The van der Waals surface area contributed by atoms with Crippen LogP contribution < -0.4 is 17.2 Å². The van der Waals surface area contributed by atoms with E-state index in [-0.39, 0.29) is 33.4 Å². The summed E-state index contributed by atoms with van der Waals surface area (Å²) >= 11 is 1.73. The highest BCUT2D eigenvalue weighted by Crippen LogP contribution is 2.46. The molecule has 3 atom stereocenters. The number of hydrogen-bond donors (Lipinski definition) is 8. The van der Waals surface area contributed by atoms with E-state index in [1.54, 1.807) is 0 Å². The van der Waals surface area contributed by atoms with Crippen molar-refractivity contribution < 1.29 is 35.1 Å². The molecule has 3 unspecified atom stereocenters. The maximum atomic E-state index is 10.8. The molecular weight excluding hydrogens is 386 g/mol. The van der Waals surface area contributed by atoms with Crippen LogP contribution in [0.15, 0.2) is 15.9 Å². The predicted octanol–water partition coefficient (Wildman–Crippen LogP) is -0.902. The minimum atomic E-state index is -1.24. The van der Waals surface area contributed by atoms with Crippen molar-refractivity contribution in [1.82, 2.24) is 0 Å². The summed E-state index contributed by atoms with van der Waals surface area (Å²) in [6.45, 7) is -0.193. The molecule has 0 aliphatic heterocycles. The Hall–Kier alpha value is -1.70. The van der Waals surface area contributed by atoms with E-state index in [9.17, 15) is 24.9 Å². The summed E-state index contributed by atoms with van der Waals surface area (Å²) in [5, 5.41) is 48.1. The Morgan fingerprint density at radius 1 is 1.00 bits per heavy atom. The van der Waals surface area contributed by atoms with Gasteiger partial charge >= 0.3 is 11.9 Å². The third-order valence-electron chi connectivity index (χ3n) is 3.26. The van der Waals surface area contributed by atoms with Crippen LogP contribution in [0, 0.1) is 0 Å². The highest BCUT2D eigenvalue weighted by Gasteiger charge is 2.24. The van der Waals surface area contributed by atoms with Gasteiger partial charge in [-0.25, -0.2) is 0 Å². The molecule has 0 amide bonds. The van der Waals surface area contributed by atoms with Gasteiger partial charge in [0.05, 0.1) is 15.9 Å². The van der Waals surface area contributed by atoms with Crippen molar-refractivity contribution in [3.05, 3.63) is 11.6 Å². The minimum absolute atomic E-state index is 0.0454. The Morgan fingerprint density at radius 2 is 1.50 bits per heavy atom. The largest absolute Gasteiger partial charge is 0.503 e. The first-order valence-electron chi connectivity index (χ1n) is 7.29. The lowest BCUT2D eigenvalue weighted by Gasteiger charge is -2.19. The molecule has 0 spiro atoms. The highest BCUT2D eigenvalue weighted by molar-refractivity contribution is 8.00. The smallest absolute Gasteiger partial charge is 0.321 e. The fraction of sp³-hybridized carbons (Fsp3) is 0.429. The van der Waals surface area contributed by atoms with Crippen LogP contribution in [-0.4, -0.2) is 67.6 Å². The number of aliphatic hydroxyl groups excluding tert-OH is 1. The summed E-state index contributed by atoms with van der Waals surface area (Å²) < 4.78 is 0. The number of phenolic OH excluding ortho intramolecular Hbond substituents is 2. The summed E-state index contributed by atoms with van der Waals surface area (Å²) in [6, 6.07) is -1.06. The Morgan fingerprint density at radius 3 is 1.96 bits per heavy atom. The van der Waals surface area contributed by atoms with Gasteiger partial charge in [0.25, 0.3) is 0 Å². The molecule has 0 fully saturated rings. The maximum absolute atomic E-state index is 10.8. The van der Waals surface area contributed by atoms with Gasteiger partial charge in [0.1, 0.15) is 12.1 Å². The van der Waals surface area contributed by atoms with Crippen molar-refractivity contribution in [2.45, 2.75) is 28.0 Å². The van der Waals surface area contributed by atoms with E-state index in [4.69, 9.17) is 27.4 Å². The third-order valence-corrected chi connectivity index (χ3v) is 5.66. The first-order chi connectivity index (χ1) is 12.1. The standard InChI is InChI=1S/C14H21N3O7S2/c15-2-8(18)5-1-9(25-3-6(16)13(21)22)10(19)11(20)12(5)26-4-7(17)14(23)24/h1,6-8,18-20H,2-4,15-17H2,(H,21,22)(H,23,24). The summed E-state index contributed by atoms with van der Waals surface area (Å²) in [5.41, 5.74) is 16.4. The number of carboxylic acids is 2. The monoisotopic (exact) mass is 407 g/mol. The number of aliphatic carboxylic acids is 2. The first kappa shape index (κ1) is 22.3. The van der Waals surface area contributed by atoms with E-state index < -0.39 is 41.6 Å². The number of benzene rings is 1. The lowest BCUT2D eigenvalue weighted by molar-refractivity contribution is -0.138. The summed E-state index contributed by atoms with van der Waals surface area (Å²) in [4.78, 5) is 21.8. The Balaban J connectivity index is 3.19. The molecule has 0 saturated carbocycles. The molecule has 12 heteroatoms. The molecule has 1 rings (SSSR count). The Labute approximate surface area is 157 Å². The zero-order chi connectivity index (χ0) is 20.0. The number of phenols is 2. The molecule has 10 nitrogen and oxygen atoms in total. The van der Waals surface area contributed by atoms with Crippen molar-refractivity contribution >= 4 is 35.5 Å². The van der Waals surface area contributed by atoms with Crippen LogP contribution in [0.1, 0.15) is 11.7 Å². The molecule has 0 radical (unpaired) electrons. The van der Waals surface area contributed by atoms with Gasteiger partial charge in [-0.3, -0.25) is 9.59 Å². The molecule has 0 aliphatic carbocycles. The molecule has 0 saturated heterocycles. The van der Waals surface area contributed by atoms with Gasteiger partial charge in [0.2, 0.25) is 0 Å². The second kappa shape index (κ2) is 9.85. The van der Waals surface area contributed by atoms with E-state index in [0.29, 0.717) is 0 Å². The van der Waals surface area contributed by atoms with E-state index >= 15 is 0 Å². The maximum Gasteiger partial charge on any atom is 0.321 e. The first-order valence-corrected chi connectivity index (χ1v) is 9.26. The van der Waals surface area contributed by atoms with Gasteiger partial charge in [0.15, 0.2) is 11.5 Å². The summed E-state index contributed by atoms with van der Waals surface area (Å²) in [7, 11) is 0. The van der Waals surface area contributed by atoms with E-state index in [1.165, 1.54) is 6.07 Å². The molecular formula is C14H21N3O7S2. The number of thioether (sulfide) groups is 2. The number of carboxylic acid groups (broad SMARTS) is 2. The van der Waals surface area contributed by atoms with Gasteiger partial charge < -0.3 is 42.7 Å². The Kier molecular flexibility index (Phi) is 8.46. The number of carbonyl (C=O) groups is 2. The van der Waals surface area contributed by atoms with Crippen molar-refractivity contribution in [1.29, 1.82) is 0 Å². The number of rotatable bonds is 10. The average Bonchev–Trinajstić information content (AvgIpc) is 2.60. The van der Waals surface area contributed by atoms with E-state index in [2.05, 4.69) is 0 Å². The third kappa shape index (κ3) is 5.65. The minimum Gasteiger partial charge on any atom is -0.503 e. The van der Waals surface area contributed by atoms with Crippen LogP contribution >= 0.6 is 23.5 Å². The van der Waals surface area contributed by atoms with Crippen LogP contribution in [0.5, 0.6) is 11.5 Å². The molecule has 1 aromatic carbocycles. The van der Waals surface area contributed by atoms with Crippen LogP contribution in [0.4, 0.5) is 0 Å². The summed E-state index contributed by atoms with van der Waals surface area (Å²) in [6.07, 6.45) is -1.20. The van der Waals surface area contributed by atoms with Crippen molar-refractivity contribution in [2.24, 2.45) is 17.2 Å². The van der Waals surface area contributed by atoms with Crippen molar-refractivity contribution in [2.75, 3.05) is 18.1 Å². The number of aromatic hydroxyl groups is 2. The molecule has 0 heterocycles. The van der Waals surface area contributed by atoms with Crippen LogP contribution in [-0.2, 0) is 9.59 Å². The second-order valence-electron chi connectivity index (χ2n) is 5.25. The van der Waals surface area contributed by atoms with Gasteiger partial charge in [-0.05, 0) is 6.07 Å². The predicted molar refractivity (Wildman–Crippen MR) is 96.5 cm³/mol. The van der Waals surface area contributed by atoms with E-state index in [1.807, 2.05) is 0 Å². The number of nitrogens with two attached hydrogens (primary N) is 3. The molecule has 26 heavy (non-hydrogen) atoms. The van der Waals surface area contributed by atoms with Gasteiger partial charge in [-0.2, -0.15) is 0 Å². The van der Waals surface area contributed by atoms with Crippen LogP contribution in [0.2, 0.25) is 0 Å². The van der Waals surface area contributed by atoms with Crippen molar-refractivity contribution in [3.8, 4) is 11.5 Å². The molecule has 0 aliphatic rings. The van der Waals surface area contributed by atoms with Gasteiger partial charge in [-0.1, -0.05) is 0 Å². The van der Waals surface area contributed by atoms with Gasteiger partial charge in [-0.15, -0.1) is 23.5 Å². The quantitative estimate of drug-likeness (QED) is 0.175. The highest BCUT2D eigenvalue weighted by atomic mass is 32.2. The van der Waals surface area contributed by atoms with Gasteiger partial charge in [0, 0.05) is 23.6 Å². The lowest BCUT2D eigenvalue weighted by Crippen LogP contribution is -2.32. The Bertz CT molecular complexity index is 674. The average molecular weight is 407 g/mol. The molecule has 0 bridgehead atoms. The fourth-order valence-corrected chi connectivity index (χ4v) is 3.80. The zero-order valence-electron chi connectivity index (χ0n) is 13.5. The topological polar surface area (TPSA) is 213 Å². The lowest BCUT2D eigenvalue weighted by atomic mass is 10.1. The van der Waals surface area contributed by atoms with Crippen LogP contribution in [0.3, 0.4) is 0 Å². The summed E-state index contributed by atoms with van der Waals surface area (Å²) in [5.74, 6) is -3.79. The SMILES string of the molecule is NCC(O)c1cc(SCC(N)C(=O)O)c(O)c(O)c1SCC(N)C(=O)O. The normalized spacial score (nSPS) is 14.6. The molecule has 1 aromatic rings. The second-order valence-corrected chi connectivity index (χ2v) is 7.35. The molecule has 0 aromatic heterocycles. The molecule has 146 valence electrons. The van der Waals surface area contributed by atoms with Crippen molar-refractivity contribution in [3.63, 3.8) is 0 Å². The number of aliphatic hydroxyl groups is 1. The fourth-order valence-electron chi connectivity index (χ4n) is 1.77. The number of hydrogen-bond acceptors (Lipinski definition) is 10. The zero-order valence-corrected chi connectivity index (χ0v) is 15.2. The van der Waals surface area contributed by atoms with E-state index in [0.717, 1.165) is 23.5 Å². The molecule has 11 N–H and O–H groups in total.